The summed E-state index contributed by atoms with van der Waals surface area (Å²) in [6.45, 7) is 1.46. The van der Waals surface area contributed by atoms with Crippen molar-refractivity contribution in [3.05, 3.63) is 36.0 Å². The zero-order chi connectivity index (χ0) is 10.6. The third kappa shape index (κ3) is 2.16. The molecule has 4 heteroatoms. The topological polar surface area (TPSA) is 43.4 Å². The van der Waals surface area contributed by atoms with Crippen molar-refractivity contribution in [2.24, 2.45) is 0 Å². The summed E-state index contributed by atoms with van der Waals surface area (Å²) in [6.07, 6.45) is 1.57. The van der Waals surface area contributed by atoms with Gasteiger partial charge in [-0.1, -0.05) is 13.0 Å². The van der Waals surface area contributed by atoms with E-state index in [2.05, 4.69) is 4.74 Å². The first kappa shape index (κ1) is 10.4. The molecule has 0 aromatic heterocycles. The molecule has 0 atom stereocenters. The number of esters is 1. The molecule has 0 heterocycles. The van der Waals surface area contributed by atoms with E-state index in [0.29, 0.717) is 6.29 Å². The van der Waals surface area contributed by atoms with E-state index >= 15 is 0 Å². The fraction of sp³-hybridized carbons (Fsp3) is 0.100. The zero-order valence-corrected chi connectivity index (χ0v) is 7.49. The second-order valence-electron chi connectivity index (χ2n) is 2.49. The molecule has 0 saturated carbocycles. The number of aldehydes is 1. The zero-order valence-electron chi connectivity index (χ0n) is 7.49. The minimum Gasteiger partial charge on any atom is -0.422 e. The first-order valence-electron chi connectivity index (χ1n) is 3.94. The van der Waals surface area contributed by atoms with Crippen LogP contribution in [0.4, 0.5) is 4.39 Å². The van der Waals surface area contributed by atoms with E-state index in [-0.39, 0.29) is 11.3 Å². The van der Waals surface area contributed by atoms with Crippen LogP contribution in [0.1, 0.15) is 17.3 Å². The van der Waals surface area contributed by atoms with Gasteiger partial charge in [0.25, 0.3) is 0 Å². The van der Waals surface area contributed by atoms with Crippen LogP contribution in [-0.4, -0.2) is 12.3 Å². The van der Waals surface area contributed by atoms with Crippen molar-refractivity contribution in [1.82, 2.24) is 0 Å². The van der Waals surface area contributed by atoms with E-state index in [4.69, 9.17) is 0 Å². The highest BCUT2D eigenvalue weighted by Crippen LogP contribution is 2.21. The Morgan fingerprint density at radius 3 is 2.79 bits per heavy atom. The molecule has 1 aromatic rings. The van der Waals surface area contributed by atoms with Crippen molar-refractivity contribution in [1.29, 1.82) is 0 Å². The minimum absolute atomic E-state index is 0.0141. The average molecular weight is 195 g/mol. The lowest BCUT2D eigenvalue weighted by Crippen LogP contribution is -2.09. The van der Waals surface area contributed by atoms with Crippen LogP contribution >= 0.6 is 0 Å². The van der Waals surface area contributed by atoms with Gasteiger partial charge < -0.3 is 4.74 Å². The summed E-state index contributed by atoms with van der Waals surface area (Å²) in [6, 6.07) is 3.85. The van der Waals surface area contributed by atoms with Gasteiger partial charge in [0.05, 0.1) is 12.0 Å². The molecule has 0 unspecified atom stereocenters. The van der Waals surface area contributed by atoms with E-state index in [0.717, 1.165) is 12.5 Å². The molecule has 1 rings (SSSR count). The third-order valence-electron chi connectivity index (χ3n) is 1.56. The summed E-state index contributed by atoms with van der Waals surface area (Å²) in [5.74, 6) is -1.76. The predicted octanol–water partition coefficient (Wildman–Crippen LogP) is 1.77. The van der Waals surface area contributed by atoms with Crippen LogP contribution in [0.5, 0.6) is 5.75 Å². The molecular formula is C10H8FO3. The average Bonchev–Trinajstić information content (AvgIpc) is 2.20. The second-order valence-corrected chi connectivity index (χ2v) is 2.49. The van der Waals surface area contributed by atoms with Gasteiger partial charge in [0.2, 0.25) is 0 Å². The van der Waals surface area contributed by atoms with Crippen LogP contribution in [-0.2, 0) is 4.79 Å². The van der Waals surface area contributed by atoms with Crippen LogP contribution in [0.3, 0.4) is 0 Å². The molecule has 1 radical (unpaired) electrons. The number of para-hydroxylation sites is 1. The molecule has 0 spiro atoms. The van der Waals surface area contributed by atoms with Crippen LogP contribution < -0.4 is 4.74 Å². The Morgan fingerprint density at radius 1 is 1.50 bits per heavy atom. The summed E-state index contributed by atoms with van der Waals surface area (Å²) >= 11 is 0. The van der Waals surface area contributed by atoms with Gasteiger partial charge in [-0.3, -0.25) is 9.59 Å². The standard InChI is InChI=1S/C10H8FO3/c1-2-9(13)14-10-7(6-12)4-3-5-8(10)11/h2-6H,1H3. The van der Waals surface area contributed by atoms with E-state index in [1.165, 1.54) is 19.1 Å². The lowest BCUT2D eigenvalue weighted by atomic mass is 10.2. The molecule has 0 fully saturated rings. The maximum Gasteiger partial charge on any atom is 0.315 e. The summed E-state index contributed by atoms with van der Waals surface area (Å²) in [4.78, 5) is 21.3. The van der Waals surface area contributed by atoms with Crippen LogP contribution in [0.2, 0.25) is 0 Å². The van der Waals surface area contributed by atoms with Crippen molar-refractivity contribution < 1.29 is 18.7 Å². The van der Waals surface area contributed by atoms with Gasteiger partial charge in [-0.15, -0.1) is 0 Å². The molecule has 73 valence electrons. The molecule has 0 amide bonds. The first-order chi connectivity index (χ1) is 6.69. The molecule has 0 aliphatic carbocycles. The Bertz CT molecular complexity index is 360. The summed E-state index contributed by atoms with van der Waals surface area (Å²) < 4.78 is 17.7. The Hall–Kier alpha value is -1.71. The van der Waals surface area contributed by atoms with E-state index in [9.17, 15) is 14.0 Å². The van der Waals surface area contributed by atoms with Gasteiger partial charge >= 0.3 is 5.97 Å². The fourth-order valence-corrected chi connectivity index (χ4v) is 0.886. The monoisotopic (exact) mass is 195 g/mol. The van der Waals surface area contributed by atoms with Crippen LogP contribution in [0.15, 0.2) is 18.2 Å². The quantitative estimate of drug-likeness (QED) is 0.419. The van der Waals surface area contributed by atoms with Gasteiger partial charge in [-0.25, -0.2) is 4.39 Å². The highest BCUT2D eigenvalue weighted by molar-refractivity contribution is 5.85. The molecule has 0 bridgehead atoms. The van der Waals surface area contributed by atoms with Crippen molar-refractivity contribution in [3.8, 4) is 5.75 Å². The Balaban J connectivity index is 3.04. The van der Waals surface area contributed by atoms with Gasteiger partial charge in [0.15, 0.2) is 17.9 Å². The lowest BCUT2D eigenvalue weighted by molar-refractivity contribution is -0.130. The first-order valence-corrected chi connectivity index (χ1v) is 3.94. The van der Waals surface area contributed by atoms with Gasteiger partial charge in [0, 0.05) is 0 Å². The maximum absolute atomic E-state index is 13.1. The summed E-state index contributed by atoms with van der Waals surface area (Å²) in [5.41, 5.74) is 0.0141. The lowest BCUT2D eigenvalue weighted by Gasteiger charge is -2.05. The molecule has 0 N–H and O–H groups in total. The van der Waals surface area contributed by atoms with Crippen molar-refractivity contribution in [2.45, 2.75) is 6.92 Å². The number of hydrogen-bond acceptors (Lipinski definition) is 3. The molecule has 3 nitrogen and oxygen atoms in total. The number of ether oxygens (including phenoxy) is 1. The summed E-state index contributed by atoms with van der Waals surface area (Å²) in [5, 5.41) is 0. The van der Waals surface area contributed by atoms with Gasteiger partial charge in [0.1, 0.15) is 0 Å². The molecule has 1 aromatic carbocycles. The fourth-order valence-electron chi connectivity index (χ4n) is 0.886. The summed E-state index contributed by atoms with van der Waals surface area (Å²) in [7, 11) is 0. The normalized spacial score (nSPS) is 9.57. The number of carbonyl (C=O) groups is 2. The maximum atomic E-state index is 13.1. The predicted molar refractivity (Wildman–Crippen MR) is 47.4 cm³/mol. The highest BCUT2D eigenvalue weighted by atomic mass is 19.1. The SMILES string of the molecule is C[CH]C(=O)Oc1c(F)cccc1C=O. The largest absolute Gasteiger partial charge is 0.422 e. The van der Waals surface area contributed by atoms with E-state index in [1.807, 2.05) is 0 Å². The van der Waals surface area contributed by atoms with Crippen LogP contribution in [0.25, 0.3) is 0 Å². The third-order valence-corrected chi connectivity index (χ3v) is 1.56. The van der Waals surface area contributed by atoms with Crippen molar-refractivity contribution in [2.75, 3.05) is 0 Å². The smallest absolute Gasteiger partial charge is 0.315 e. The Kier molecular flexibility index (Phi) is 3.34. The number of benzene rings is 1. The van der Waals surface area contributed by atoms with E-state index in [1.54, 1.807) is 0 Å². The Morgan fingerprint density at radius 2 is 2.21 bits per heavy atom. The number of halogens is 1. The number of rotatable bonds is 3. The van der Waals surface area contributed by atoms with Gasteiger partial charge in [-0.05, 0) is 12.1 Å². The molecular weight excluding hydrogens is 187 g/mol. The van der Waals surface area contributed by atoms with Crippen molar-refractivity contribution in [3.63, 3.8) is 0 Å². The molecule has 0 aliphatic rings. The molecule has 14 heavy (non-hydrogen) atoms. The highest BCUT2D eigenvalue weighted by Gasteiger charge is 2.12. The van der Waals surface area contributed by atoms with Gasteiger partial charge in [-0.2, -0.15) is 0 Å². The molecule has 0 saturated heterocycles. The minimum atomic E-state index is -0.732. The number of hydrogen-bond donors (Lipinski definition) is 0. The van der Waals surface area contributed by atoms with Crippen LogP contribution in [0, 0.1) is 12.2 Å². The Labute approximate surface area is 80.5 Å². The second kappa shape index (κ2) is 4.50. The molecule has 0 aliphatic heterocycles. The van der Waals surface area contributed by atoms with Crippen molar-refractivity contribution >= 4 is 12.3 Å². The number of carbonyl (C=O) groups excluding carboxylic acids is 2. The van der Waals surface area contributed by atoms with E-state index < -0.39 is 11.8 Å².